The molecule has 1 aliphatic heterocycles. The van der Waals surface area contributed by atoms with Crippen LogP contribution in [0.2, 0.25) is 5.15 Å². The third-order valence-electron chi connectivity index (χ3n) is 4.70. The molecule has 0 atom stereocenters. The first-order valence-electron chi connectivity index (χ1n) is 9.15. The van der Waals surface area contributed by atoms with Gasteiger partial charge in [0.05, 0.1) is 12.2 Å². The Hall–Kier alpha value is -3.25. The van der Waals surface area contributed by atoms with E-state index < -0.39 is 0 Å². The monoisotopic (exact) mass is 409 g/mol. The number of carbonyl (C=O) groups is 1. The van der Waals surface area contributed by atoms with E-state index in [4.69, 9.17) is 21.1 Å². The molecule has 1 aliphatic rings. The number of anilines is 1. The van der Waals surface area contributed by atoms with Crippen molar-refractivity contribution in [1.82, 2.24) is 9.78 Å². The highest BCUT2D eigenvalue weighted by molar-refractivity contribution is 6.31. The molecule has 1 aromatic heterocycles. The van der Waals surface area contributed by atoms with E-state index >= 15 is 0 Å². The summed E-state index contributed by atoms with van der Waals surface area (Å²) in [5, 5.41) is 4.77. The van der Waals surface area contributed by atoms with Crippen LogP contribution in [0.25, 0.3) is 6.08 Å². The van der Waals surface area contributed by atoms with Crippen LogP contribution < -0.4 is 14.4 Å². The van der Waals surface area contributed by atoms with E-state index in [0.29, 0.717) is 23.2 Å². The maximum absolute atomic E-state index is 13.1. The molecule has 2 aromatic carbocycles. The van der Waals surface area contributed by atoms with Gasteiger partial charge < -0.3 is 14.4 Å². The number of rotatable bonds is 5. The van der Waals surface area contributed by atoms with Gasteiger partial charge in [-0.1, -0.05) is 35.9 Å². The fourth-order valence-electron chi connectivity index (χ4n) is 3.21. The summed E-state index contributed by atoms with van der Waals surface area (Å²) < 4.78 is 12.4. The minimum Gasteiger partial charge on any atom is -0.454 e. The van der Waals surface area contributed by atoms with Crippen molar-refractivity contribution in [3.8, 4) is 11.5 Å². The Morgan fingerprint density at radius 1 is 1.21 bits per heavy atom. The Morgan fingerprint density at radius 3 is 2.69 bits per heavy atom. The van der Waals surface area contributed by atoms with E-state index in [9.17, 15) is 4.79 Å². The van der Waals surface area contributed by atoms with Gasteiger partial charge in [-0.15, -0.1) is 0 Å². The van der Waals surface area contributed by atoms with E-state index in [1.54, 1.807) is 22.7 Å². The lowest BCUT2D eigenvalue weighted by atomic mass is 10.1. The van der Waals surface area contributed by atoms with Gasteiger partial charge in [0.2, 0.25) is 6.79 Å². The van der Waals surface area contributed by atoms with Crippen LogP contribution in [0.3, 0.4) is 0 Å². The van der Waals surface area contributed by atoms with Gasteiger partial charge in [0.15, 0.2) is 11.5 Å². The van der Waals surface area contributed by atoms with Crippen molar-refractivity contribution >= 4 is 29.3 Å². The highest BCUT2D eigenvalue weighted by atomic mass is 35.5. The predicted molar refractivity (Wildman–Crippen MR) is 112 cm³/mol. The summed E-state index contributed by atoms with van der Waals surface area (Å²) in [7, 11) is 1.77. The molecule has 0 saturated carbocycles. The number of aryl methyl sites for hydroxylation is 2. The summed E-state index contributed by atoms with van der Waals surface area (Å²) in [5.74, 6) is 1.25. The van der Waals surface area contributed by atoms with Gasteiger partial charge in [0, 0.05) is 24.4 Å². The molecule has 2 heterocycles. The fraction of sp³-hybridized carbons (Fsp3) is 0.182. The van der Waals surface area contributed by atoms with Crippen LogP contribution in [0.4, 0.5) is 5.69 Å². The first-order valence-corrected chi connectivity index (χ1v) is 9.53. The fourth-order valence-corrected chi connectivity index (χ4v) is 3.44. The van der Waals surface area contributed by atoms with Crippen LogP contribution in [-0.4, -0.2) is 22.5 Å². The van der Waals surface area contributed by atoms with E-state index in [1.165, 1.54) is 6.08 Å². The molecule has 0 fully saturated rings. The smallest absolute Gasteiger partial charge is 0.251 e. The second-order valence-electron chi connectivity index (χ2n) is 6.69. The molecule has 0 spiro atoms. The summed E-state index contributed by atoms with van der Waals surface area (Å²) in [4.78, 5) is 14.8. The standard InChI is InChI=1S/C22H20ClN3O3/c1-15-18(22(23)25(2)24-15)9-11-21(27)26(17-6-4-3-5-7-17)13-16-8-10-19-20(12-16)29-14-28-19/h3-12H,13-14H2,1-2H3. The van der Waals surface area contributed by atoms with Gasteiger partial charge >= 0.3 is 0 Å². The average molecular weight is 410 g/mol. The Balaban J connectivity index is 1.62. The molecule has 0 bridgehead atoms. The first-order chi connectivity index (χ1) is 14.0. The number of nitrogens with zero attached hydrogens (tertiary/aromatic N) is 3. The molecular weight excluding hydrogens is 390 g/mol. The summed E-state index contributed by atoms with van der Waals surface area (Å²) in [6, 6.07) is 15.2. The lowest BCUT2D eigenvalue weighted by molar-refractivity contribution is -0.114. The molecular formula is C22H20ClN3O3. The largest absolute Gasteiger partial charge is 0.454 e. The molecule has 0 saturated heterocycles. The lowest BCUT2D eigenvalue weighted by Gasteiger charge is -2.21. The molecule has 1 amide bonds. The third-order valence-corrected chi connectivity index (χ3v) is 5.15. The molecule has 148 valence electrons. The molecule has 29 heavy (non-hydrogen) atoms. The number of carbonyl (C=O) groups excluding carboxylic acids is 1. The highest BCUT2D eigenvalue weighted by Crippen LogP contribution is 2.33. The molecule has 7 heteroatoms. The number of para-hydroxylation sites is 1. The number of fused-ring (bicyclic) bond motifs is 1. The van der Waals surface area contributed by atoms with Crippen molar-refractivity contribution in [3.63, 3.8) is 0 Å². The number of halogens is 1. The lowest BCUT2D eigenvalue weighted by Crippen LogP contribution is -2.28. The van der Waals surface area contributed by atoms with Gasteiger partial charge in [0.25, 0.3) is 5.91 Å². The molecule has 0 aliphatic carbocycles. The van der Waals surface area contributed by atoms with Gasteiger partial charge in [0.1, 0.15) is 5.15 Å². The van der Waals surface area contributed by atoms with Crippen molar-refractivity contribution in [3.05, 3.63) is 76.6 Å². The number of benzene rings is 2. The molecule has 6 nitrogen and oxygen atoms in total. The van der Waals surface area contributed by atoms with Crippen LogP contribution in [0.15, 0.2) is 54.6 Å². The summed E-state index contributed by atoms with van der Waals surface area (Å²) in [5.41, 5.74) is 3.24. The molecule has 4 rings (SSSR count). The number of hydrogen-bond donors (Lipinski definition) is 0. The molecule has 0 N–H and O–H groups in total. The van der Waals surface area contributed by atoms with E-state index in [2.05, 4.69) is 5.10 Å². The third kappa shape index (κ3) is 3.98. The number of ether oxygens (including phenoxy) is 2. The van der Waals surface area contributed by atoms with E-state index in [0.717, 1.165) is 22.5 Å². The summed E-state index contributed by atoms with van der Waals surface area (Å²) in [6.45, 7) is 2.47. The second-order valence-corrected chi connectivity index (χ2v) is 7.05. The topological polar surface area (TPSA) is 56.6 Å². The zero-order chi connectivity index (χ0) is 20.4. The minimum absolute atomic E-state index is 0.159. The number of hydrogen-bond acceptors (Lipinski definition) is 4. The maximum atomic E-state index is 13.1. The quantitative estimate of drug-likeness (QED) is 0.587. The maximum Gasteiger partial charge on any atom is 0.251 e. The minimum atomic E-state index is -0.159. The Bertz CT molecular complexity index is 1080. The van der Waals surface area contributed by atoms with Crippen molar-refractivity contribution in [1.29, 1.82) is 0 Å². The number of aromatic nitrogens is 2. The van der Waals surface area contributed by atoms with Crippen molar-refractivity contribution in [2.75, 3.05) is 11.7 Å². The summed E-state index contributed by atoms with van der Waals surface area (Å²) >= 11 is 6.28. The van der Waals surface area contributed by atoms with Crippen LogP contribution >= 0.6 is 11.6 Å². The SMILES string of the molecule is Cc1nn(C)c(Cl)c1C=CC(=O)N(Cc1ccc2c(c1)OCO2)c1ccccc1. The number of amides is 1. The summed E-state index contributed by atoms with van der Waals surface area (Å²) in [6.07, 6.45) is 3.23. The van der Waals surface area contributed by atoms with Crippen molar-refractivity contribution in [2.45, 2.75) is 13.5 Å². The van der Waals surface area contributed by atoms with Crippen LogP contribution in [0.1, 0.15) is 16.8 Å². The van der Waals surface area contributed by atoms with Gasteiger partial charge in [-0.25, -0.2) is 0 Å². The first kappa shape index (κ1) is 19.1. The zero-order valence-electron chi connectivity index (χ0n) is 16.1. The highest BCUT2D eigenvalue weighted by Gasteiger charge is 2.18. The zero-order valence-corrected chi connectivity index (χ0v) is 16.9. The van der Waals surface area contributed by atoms with Crippen molar-refractivity contribution in [2.24, 2.45) is 7.05 Å². The van der Waals surface area contributed by atoms with E-state index in [1.807, 2.05) is 55.5 Å². The van der Waals surface area contributed by atoms with Crippen LogP contribution in [0.5, 0.6) is 11.5 Å². The van der Waals surface area contributed by atoms with Gasteiger partial charge in [-0.2, -0.15) is 5.10 Å². The molecule has 0 radical (unpaired) electrons. The average Bonchev–Trinajstić information content (AvgIpc) is 3.29. The Kier molecular flexibility index (Phi) is 5.27. The normalized spacial score (nSPS) is 12.5. The van der Waals surface area contributed by atoms with E-state index in [-0.39, 0.29) is 12.7 Å². The van der Waals surface area contributed by atoms with Gasteiger partial charge in [-0.3, -0.25) is 9.48 Å². The molecule has 0 unspecified atom stereocenters. The van der Waals surface area contributed by atoms with Crippen LogP contribution in [0, 0.1) is 6.92 Å². The van der Waals surface area contributed by atoms with Gasteiger partial charge in [-0.05, 0) is 42.8 Å². The van der Waals surface area contributed by atoms with Crippen LogP contribution in [-0.2, 0) is 18.4 Å². The predicted octanol–water partition coefficient (Wildman–Crippen LogP) is 4.36. The molecule has 3 aromatic rings. The second kappa shape index (κ2) is 8.01. The Morgan fingerprint density at radius 2 is 1.97 bits per heavy atom. The van der Waals surface area contributed by atoms with Crippen molar-refractivity contribution < 1.29 is 14.3 Å². The Labute approximate surface area is 173 Å².